The van der Waals surface area contributed by atoms with Crippen LogP contribution in [-0.4, -0.2) is 24.3 Å². The van der Waals surface area contributed by atoms with Gasteiger partial charge >= 0.3 is 0 Å². The van der Waals surface area contributed by atoms with E-state index < -0.39 is 0 Å². The highest BCUT2D eigenvalue weighted by Gasteiger charge is 2.18. The van der Waals surface area contributed by atoms with Crippen LogP contribution in [0.1, 0.15) is 6.42 Å². The van der Waals surface area contributed by atoms with Gasteiger partial charge in [0.25, 0.3) is 5.19 Å². The summed E-state index contributed by atoms with van der Waals surface area (Å²) in [6.07, 6.45) is 1.17. The molecule has 1 aliphatic heterocycles. The van der Waals surface area contributed by atoms with E-state index in [0.29, 0.717) is 6.61 Å². The van der Waals surface area contributed by atoms with Gasteiger partial charge in [0.05, 0.1) is 13.2 Å². The zero-order valence-electron chi connectivity index (χ0n) is 6.33. The van der Waals surface area contributed by atoms with Crippen LogP contribution in [0, 0.1) is 0 Å². The number of rotatable bonds is 2. The first kappa shape index (κ1) is 8.47. The van der Waals surface area contributed by atoms with Crippen LogP contribution in [0.5, 0.6) is 5.19 Å². The van der Waals surface area contributed by atoms with Crippen LogP contribution in [-0.2, 0) is 4.74 Å². The number of hydrogen-bond acceptors (Lipinski definition) is 4. The summed E-state index contributed by atoms with van der Waals surface area (Å²) in [4.78, 5) is 4.13. The van der Waals surface area contributed by atoms with E-state index in [1.165, 1.54) is 11.3 Å². The second-order valence-corrected chi connectivity index (χ2v) is 4.17. The highest BCUT2D eigenvalue weighted by molar-refractivity contribution is 9.10. The standard InChI is InChI=1S/C7H8BrNO2S/c8-6-4-12-7(9-6)11-5-1-2-10-3-5/h4-5H,1-3H2. The molecule has 1 atom stereocenters. The summed E-state index contributed by atoms with van der Waals surface area (Å²) < 4.78 is 11.6. The molecule has 0 bridgehead atoms. The fourth-order valence-electron chi connectivity index (χ4n) is 1.04. The lowest BCUT2D eigenvalue weighted by Gasteiger charge is -2.06. The molecule has 1 aromatic rings. The average molecular weight is 250 g/mol. The molecule has 0 saturated carbocycles. The summed E-state index contributed by atoms with van der Waals surface area (Å²) in [6.45, 7) is 1.49. The zero-order chi connectivity index (χ0) is 8.39. The predicted octanol–water partition coefficient (Wildman–Crippen LogP) is 2.07. The third-order valence-corrected chi connectivity index (χ3v) is 3.05. The minimum Gasteiger partial charge on any atom is -0.464 e. The molecule has 1 fully saturated rings. The molecule has 66 valence electrons. The van der Waals surface area contributed by atoms with Gasteiger partial charge in [-0.05, 0) is 15.9 Å². The van der Waals surface area contributed by atoms with E-state index >= 15 is 0 Å². The number of nitrogens with zero attached hydrogens (tertiary/aromatic N) is 1. The number of hydrogen-bond donors (Lipinski definition) is 0. The summed E-state index contributed by atoms with van der Waals surface area (Å²) in [5.41, 5.74) is 0. The fourth-order valence-corrected chi connectivity index (χ4v) is 2.19. The Balaban J connectivity index is 1.94. The van der Waals surface area contributed by atoms with Crippen LogP contribution in [0.15, 0.2) is 9.98 Å². The molecule has 0 aromatic carbocycles. The van der Waals surface area contributed by atoms with E-state index in [2.05, 4.69) is 20.9 Å². The smallest absolute Gasteiger partial charge is 0.274 e. The van der Waals surface area contributed by atoms with Crippen molar-refractivity contribution in [2.24, 2.45) is 0 Å². The summed E-state index contributed by atoms with van der Waals surface area (Å²) in [7, 11) is 0. The van der Waals surface area contributed by atoms with E-state index in [9.17, 15) is 0 Å². The molecule has 0 radical (unpaired) electrons. The van der Waals surface area contributed by atoms with E-state index in [1.807, 2.05) is 5.38 Å². The van der Waals surface area contributed by atoms with Crippen molar-refractivity contribution in [3.8, 4) is 5.19 Å². The minimum atomic E-state index is 0.197. The molecule has 0 spiro atoms. The summed E-state index contributed by atoms with van der Waals surface area (Å²) in [5, 5.41) is 2.63. The Kier molecular flexibility index (Phi) is 2.63. The van der Waals surface area contributed by atoms with E-state index in [4.69, 9.17) is 9.47 Å². The molecule has 1 aliphatic rings. The molecule has 5 heteroatoms. The van der Waals surface area contributed by atoms with Gasteiger partial charge in [0.1, 0.15) is 10.7 Å². The van der Waals surface area contributed by atoms with Crippen molar-refractivity contribution in [2.75, 3.05) is 13.2 Å². The van der Waals surface area contributed by atoms with Gasteiger partial charge in [0, 0.05) is 11.8 Å². The van der Waals surface area contributed by atoms with Crippen molar-refractivity contribution >= 4 is 27.3 Å². The maximum atomic E-state index is 5.55. The third kappa shape index (κ3) is 1.97. The lowest BCUT2D eigenvalue weighted by molar-refractivity contribution is 0.141. The van der Waals surface area contributed by atoms with Crippen molar-refractivity contribution < 1.29 is 9.47 Å². The van der Waals surface area contributed by atoms with Crippen molar-refractivity contribution in [3.63, 3.8) is 0 Å². The topological polar surface area (TPSA) is 31.4 Å². The van der Waals surface area contributed by atoms with Crippen molar-refractivity contribution in [3.05, 3.63) is 9.98 Å². The van der Waals surface area contributed by atoms with Gasteiger partial charge in [0.15, 0.2) is 0 Å². The first-order chi connectivity index (χ1) is 5.84. The number of thiazole rings is 1. The third-order valence-electron chi connectivity index (χ3n) is 1.61. The lowest BCUT2D eigenvalue weighted by Crippen LogP contribution is -2.15. The van der Waals surface area contributed by atoms with Crippen LogP contribution in [0.25, 0.3) is 0 Å². The van der Waals surface area contributed by atoms with Crippen molar-refractivity contribution in [2.45, 2.75) is 12.5 Å². The normalized spacial score (nSPS) is 22.9. The largest absolute Gasteiger partial charge is 0.464 e. The number of ether oxygens (including phenoxy) is 2. The molecule has 3 nitrogen and oxygen atoms in total. The highest BCUT2D eigenvalue weighted by Crippen LogP contribution is 2.24. The predicted molar refractivity (Wildman–Crippen MR) is 49.7 cm³/mol. The van der Waals surface area contributed by atoms with Gasteiger partial charge in [-0.1, -0.05) is 11.3 Å². The molecule has 0 amide bonds. The van der Waals surface area contributed by atoms with Gasteiger partial charge in [-0.2, -0.15) is 4.98 Å². The Morgan fingerprint density at radius 2 is 2.67 bits per heavy atom. The first-order valence-corrected chi connectivity index (χ1v) is 5.37. The summed E-state index contributed by atoms with van der Waals surface area (Å²) >= 11 is 4.77. The molecule has 2 heterocycles. The van der Waals surface area contributed by atoms with Gasteiger partial charge in [-0.15, -0.1) is 0 Å². The van der Waals surface area contributed by atoms with Crippen molar-refractivity contribution in [1.29, 1.82) is 0 Å². The van der Waals surface area contributed by atoms with Crippen LogP contribution in [0.2, 0.25) is 0 Å². The van der Waals surface area contributed by atoms with Crippen molar-refractivity contribution in [1.82, 2.24) is 4.98 Å². The lowest BCUT2D eigenvalue weighted by atomic mass is 10.3. The van der Waals surface area contributed by atoms with Crippen LogP contribution >= 0.6 is 27.3 Å². The Labute approximate surface area is 82.8 Å². The first-order valence-electron chi connectivity index (χ1n) is 3.70. The quantitative estimate of drug-likeness (QED) is 0.805. The van der Waals surface area contributed by atoms with Gasteiger partial charge in [-0.25, -0.2) is 0 Å². The van der Waals surface area contributed by atoms with Gasteiger partial charge in [0.2, 0.25) is 0 Å². The molecule has 0 aliphatic carbocycles. The maximum Gasteiger partial charge on any atom is 0.274 e. The fraction of sp³-hybridized carbons (Fsp3) is 0.571. The molecule has 1 aromatic heterocycles. The second-order valence-electron chi connectivity index (χ2n) is 2.54. The van der Waals surface area contributed by atoms with Crippen LogP contribution in [0.4, 0.5) is 0 Å². The van der Waals surface area contributed by atoms with Crippen LogP contribution < -0.4 is 4.74 Å². The SMILES string of the molecule is Brc1csc(OC2CCOC2)n1. The summed E-state index contributed by atoms with van der Waals surface area (Å²) in [5.74, 6) is 0. The molecule has 1 unspecified atom stereocenters. The highest BCUT2D eigenvalue weighted by atomic mass is 79.9. The average Bonchev–Trinajstić information content (AvgIpc) is 2.63. The van der Waals surface area contributed by atoms with E-state index in [0.717, 1.165) is 22.8 Å². The Bertz CT molecular complexity index is 260. The van der Waals surface area contributed by atoms with Gasteiger partial charge in [-0.3, -0.25) is 0 Å². The zero-order valence-corrected chi connectivity index (χ0v) is 8.73. The van der Waals surface area contributed by atoms with Crippen LogP contribution in [0.3, 0.4) is 0 Å². The molecule has 2 rings (SSSR count). The van der Waals surface area contributed by atoms with E-state index in [1.54, 1.807) is 0 Å². The minimum absolute atomic E-state index is 0.197. The Morgan fingerprint density at radius 3 is 3.25 bits per heavy atom. The monoisotopic (exact) mass is 249 g/mol. The Morgan fingerprint density at radius 1 is 1.75 bits per heavy atom. The Hall–Kier alpha value is -0.130. The molecular weight excluding hydrogens is 242 g/mol. The molecule has 12 heavy (non-hydrogen) atoms. The number of aromatic nitrogens is 1. The molecular formula is C7H8BrNO2S. The number of halogens is 1. The second kappa shape index (κ2) is 3.72. The van der Waals surface area contributed by atoms with E-state index in [-0.39, 0.29) is 6.10 Å². The van der Waals surface area contributed by atoms with Gasteiger partial charge < -0.3 is 9.47 Å². The summed E-state index contributed by atoms with van der Waals surface area (Å²) in [6, 6.07) is 0. The molecule has 0 N–H and O–H groups in total. The maximum absolute atomic E-state index is 5.55. The molecule has 1 saturated heterocycles.